The van der Waals surface area contributed by atoms with Crippen LogP contribution in [0.3, 0.4) is 0 Å². The number of rotatable bonds is 4. The summed E-state index contributed by atoms with van der Waals surface area (Å²) in [7, 11) is 0. The molecule has 0 N–H and O–H groups in total. The number of aryl methyl sites for hydroxylation is 1. The Hall–Kier alpha value is -1.20. The molecule has 1 heteroatoms. The van der Waals surface area contributed by atoms with Gasteiger partial charge in [-0.15, -0.1) is 0 Å². The van der Waals surface area contributed by atoms with E-state index in [2.05, 4.69) is 67.6 Å². The Kier molecular flexibility index (Phi) is 6.88. The quantitative estimate of drug-likeness (QED) is 0.624. The SMILES string of the molecule is CCCc1ccc(-c2cccc3c2=CC(=CC2CCCCC2)C=3)cc1.[Zr]. The van der Waals surface area contributed by atoms with E-state index in [-0.39, 0.29) is 26.2 Å². The van der Waals surface area contributed by atoms with Crippen LogP contribution in [0.15, 0.2) is 54.1 Å². The molecular weight excluding hydrogens is 391 g/mol. The second kappa shape index (κ2) is 9.14. The third-order valence-electron chi connectivity index (χ3n) is 5.65. The molecule has 2 aromatic carbocycles. The summed E-state index contributed by atoms with van der Waals surface area (Å²) in [6.07, 6.45) is 16.6. The van der Waals surface area contributed by atoms with Crippen molar-refractivity contribution in [1.82, 2.24) is 0 Å². The molecule has 132 valence electrons. The van der Waals surface area contributed by atoms with Gasteiger partial charge in [0.15, 0.2) is 0 Å². The first-order valence-electron chi connectivity index (χ1n) is 9.97. The molecule has 0 atom stereocenters. The van der Waals surface area contributed by atoms with Gasteiger partial charge in [-0.2, -0.15) is 0 Å². The van der Waals surface area contributed by atoms with Crippen molar-refractivity contribution in [2.45, 2.75) is 51.9 Å². The van der Waals surface area contributed by atoms with E-state index < -0.39 is 0 Å². The maximum atomic E-state index is 2.52. The minimum absolute atomic E-state index is 0. The molecule has 0 radical (unpaired) electrons. The average molecular weight is 420 g/mol. The van der Waals surface area contributed by atoms with Crippen LogP contribution < -0.4 is 10.4 Å². The molecule has 1 fully saturated rings. The molecule has 0 saturated heterocycles. The monoisotopic (exact) mass is 418 g/mol. The first kappa shape index (κ1) is 19.6. The first-order chi connectivity index (χ1) is 12.3. The van der Waals surface area contributed by atoms with E-state index in [1.807, 2.05) is 0 Å². The van der Waals surface area contributed by atoms with Crippen molar-refractivity contribution in [2.24, 2.45) is 5.92 Å². The van der Waals surface area contributed by atoms with E-state index in [4.69, 9.17) is 0 Å². The van der Waals surface area contributed by atoms with Crippen LogP contribution in [0.4, 0.5) is 0 Å². The van der Waals surface area contributed by atoms with E-state index in [9.17, 15) is 0 Å². The van der Waals surface area contributed by atoms with Crippen molar-refractivity contribution in [3.05, 3.63) is 70.1 Å². The zero-order valence-corrected chi connectivity index (χ0v) is 18.3. The van der Waals surface area contributed by atoms with Gasteiger partial charge in [-0.1, -0.05) is 81.1 Å². The molecule has 4 rings (SSSR count). The van der Waals surface area contributed by atoms with E-state index in [1.54, 1.807) is 0 Å². The molecule has 26 heavy (non-hydrogen) atoms. The summed E-state index contributed by atoms with van der Waals surface area (Å²) in [5.74, 6) is 0.780. The molecule has 0 spiro atoms. The zero-order chi connectivity index (χ0) is 17.1. The zero-order valence-electron chi connectivity index (χ0n) is 15.8. The fraction of sp³-hybridized carbons (Fsp3) is 0.360. The smallest absolute Gasteiger partial charge is 0 e. The Morgan fingerprint density at radius 1 is 0.923 bits per heavy atom. The van der Waals surface area contributed by atoms with Gasteiger partial charge in [0.05, 0.1) is 0 Å². The predicted molar refractivity (Wildman–Crippen MR) is 109 cm³/mol. The normalized spacial score (nSPS) is 18.0. The van der Waals surface area contributed by atoms with Crippen molar-refractivity contribution in [3.63, 3.8) is 0 Å². The standard InChI is InChI=1S/C25H28.Zr/c1-2-7-19-12-14-22(15-13-19)24-11-6-10-23-17-21(18-25(23)24)16-20-8-4-3-5-9-20;/h6,10-18,20H,2-5,7-9H2,1H3;. The molecule has 2 aliphatic rings. The van der Waals surface area contributed by atoms with E-state index in [0.29, 0.717) is 0 Å². The summed E-state index contributed by atoms with van der Waals surface area (Å²) < 4.78 is 0. The van der Waals surface area contributed by atoms with Crippen molar-refractivity contribution >= 4 is 12.2 Å². The summed E-state index contributed by atoms with van der Waals surface area (Å²) in [5.41, 5.74) is 5.55. The van der Waals surface area contributed by atoms with Crippen LogP contribution in [0.5, 0.6) is 0 Å². The second-order valence-electron chi connectivity index (χ2n) is 7.61. The van der Waals surface area contributed by atoms with Gasteiger partial charge in [-0.25, -0.2) is 0 Å². The summed E-state index contributed by atoms with van der Waals surface area (Å²) in [4.78, 5) is 0. The van der Waals surface area contributed by atoms with E-state index in [1.165, 1.54) is 77.6 Å². The van der Waals surface area contributed by atoms with E-state index >= 15 is 0 Å². The largest absolute Gasteiger partial charge is 0.0741 e. The van der Waals surface area contributed by atoms with Crippen LogP contribution in [0.1, 0.15) is 51.0 Å². The average Bonchev–Trinajstić information content (AvgIpc) is 3.06. The van der Waals surface area contributed by atoms with Gasteiger partial charge in [0.25, 0.3) is 0 Å². The summed E-state index contributed by atoms with van der Waals surface area (Å²) in [5, 5.41) is 2.77. The minimum atomic E-state index is 0. The Morgan fingerprint density at radius 3 is 2.42 bits per heavy atom. The van der Waals surface area contributed by atoms with Crippen LogP contribution in [0.2, 0.25) is 0 Å². The first-order valence-corrected chi connectivity index (χ1v) is 9.97. The van der Waals surface area contributed by atoms with Gasteiger partial charge >= 0.3 is 0 Å². The summed E-state index contributed by atoms with van der Waals surface area (Å²) in [6, 6.07) is 15.9. The van der Waals surface area contributed by atoms with Gasteiger partial charge in [0.2, 0.25) is 0 Å². The van der Waals surface area contributed by atoms with E-state index in [0.717, 1.165) is 5.92 Å². The molecule has 0 aromatic heterocycles. The molecule has 2 aliphatic carbocycles. The number of hydrogen-bond acceptors (Lipinski definition) is 0. The molecule has 1 saturated carbocycles. The van der Waals surface area contributed by atoms with Crippen molar-refractivity contribution in [3.8, 4) is 11.1 Å². The molecule has 0 nitrogen and oxygen atoms in total. The van der Waals surface area contributed by atoms with Gasteiger partial charge in [0.1, 0.15) is 0 Å². The summed E-state index contributed by atoms with van der Waals surface area (Å²) in [6.45, 7) is 2.24. The molecule has 0 unspecified atom stereocenters. The molecule has 0 aliphatic heterocycles. The van der Waals surface area contributed by atoms with Gasteiger partial charge < -0.3 is 0 Å². The van der Waals surface area contributed by atoms with Crippen molar-refractivity contribution in [2.75, 3.05) is 0 Å². The Bertz CT molecular complexity index is 881. The number of fused-ring (bicyclic) bond motifs is 1. The van der Waals surface area contributed by atoms with Crippen molar-refractivity contribution in [1.29, 1.82) is 0 Å². The number of benzene rings is 2. The Labute approximate surface area is 176 Å². The molecule has 0 heterocycles. The van der Waals surface area contributed by atoms with Crippen molar-refractivity contribution < 1.29 is 26.2 Å². The van der Waals surface area contributed by atoms with Crippen LogP contribution in [-0.4, -0.2) is 0 Å². The minimum Gasteiger partial charge on any atom is -0.0741 e. The maximum absolute atomic E-state index is 2.52. The van der Waals surface area contributed by atoms with Gasteiger partial charge in [-0.3, -0.25) is 0 Å². The molecule has 0 amide bonds. The van der Waals surface area contributed by atoms with Gasteiger partial charge in [-0.05, 0) is 70.0 Å². The Balaban J connectivity index is 0.00000196. The van der Waals surface area contributed by atoms with Crippen LogP contribution >= 0.6 is 0 Å². The maximum Gasteiger partial charge on any atom is 0 e. The second-order valence-corrected chi connectivity index (χ2v) is 7.61. The fourth-order valence-corrected chi connectivity index (χ4v) is 4.32. The predicted octanol–water partition coefficient (Wildman–Crippen LogP) is 5.38. The number of allylic oxidation sites excluding steroid dienone is 2. The third kappa shape index (κ3) is 4.37. The topological polar surface area (TPSA) is 0 Å². The number of hydrogen-bond donors (Lipinski definition) is 0. The molecular formula is C25H28Zr. The van der Waals surface area contributed by atoms with Crippen LogP contribution in [0.25, 0.3) is 23.3 Å². The van der Waals surface area contributed by atoms with Crippen LogP contribution in [0, 0.1) is 5.92 Å². The summed E-state index contributed by atoms with van der Waals surface area (Å²) >= 11 is 0. The van der Waals surface area contributed by atoms with Gasteiger partial charge in [0, 0.05) is 26.2 Å². The van der Waals surface area contributed by atoms with Crippen LogP contribution in [-0.2, 0) is 32.6 Å². The molecule has 0 bridgehead atoms. The third-order valence-corrected chi connectivity index (χ3v) is 5.65. The fourth-order valence-electron chi connectivity index (χ4n) is 4.32. The molecule has 2 aromatic rings. The Morgan fingerprint density at radius 2 is 1.69 bits per heavy atom.